The van der Waals surface area contributed by atoms with Crippen LogP contribution in [0.4, 0.5) is 5.82 Å². The Balaban J connectivity index is 2.81. The first kappa shape index (κ1) is 16.2. The Bertz CT molecular complexity index is 391. The summed E-state index contributed by atoms with van der Waals surface area (Å²) < 4.78 is 5.06. The van der Waals surface area contributed by atoms with Gasteiger partial charge in [-0.1, -0.05) is 20.8 Å². The molecule has 19 heavy (non-hydrogen) atoms. The van der Waals surface area contributed by atoms with Crippen LogP contribution in [0.15, 0.2) is 11.1 Å². The van der Waals surface area contributed by atoms with Gasteiger partial charge in [0.15, 0.2) is 0 Å². The Kier molecular flexibility index (Phi) is 6.58. The van der Waals surface area contributed by atoms with Gasteiger partial charge in [-0.05, 0) is 13.3 Å². The molecule has 4 nitrogen and oxygen atoms in total. The van der Waals surface area contributed by atoms with Gasteiger partial charge in [0.1, 0.15) is 16.7 Å². The average molecular weight is 283 g/mol. The van der Waals surface area contributed by atoms with E-state index >= 15 is 0 Å². The van der Waals surface area contributed by atoms with Crippen molar-refractivity contribution in [1.29, 1.82) is 0 Å². The summed E-state index contributed by atoms with van der Waals surface area (Å²) >= 11 is 1.76. The fraction of sp³-hybridized carbons (Fsp3) is 0.714. The Hall–Kier alpha value is -0.810. The summed E-state index contributed by atoms with van der Waals surface area (Å²) in [5.74, 6) is 2.82. The van der Waals surface area contributed by atoms with Gasteiger partial charge in [0.2, 0.25) is 0 Å². The molecule has 0 radical (unpaired) electrons. The van der Waals surface area contributed by atoms with E-state index in [0.29, 0.717) is 0 Å². The van der Waals surface area contributed by atoms with Gasteiger partial charge in [-0.15, -0.1) is 11.8 Å². The van der Waals surface area contributed by atoms with Gasteiger partial charge in [0.25, 0.3) is 0 Å². The number of hydrogen-bond acceptors (Lipinski definition) is 5. The molecule has 0 saturated heterocycles. The van der Waals surface area contributed by atoms with Crippen LogP contribution in [0.25, 0.3) is 0 Å². The van der Waals surface area contributed by atoms with Crippen molar-refractivity contribution in [3.63, 3.8) is 0 Å². The second-order valence-electron chi connectivity index (χ2n) is 5.39. The molecular weight excluding hydrogens is 258 g/mol. The molecule has 1 heterocycles. The third-order valence-electron chi connectivity index (χ3n) is 2.47. The lowest BCUT2D eigenvalue weighted by atomic mass is 9.96. The molecule has 0 spiro atoms. The van der Waals surface area contributed by atoms with Crippen molar-refractivity contribution >= 4 is 17.6 Å². The zero-order valence-corrected chi connectivity index (χ0v) is 13.4. The predicted octanol–water partition coefficient (Wildman–Crippen LogP) is 3.33. The number of rotatable bonds is 7. The van der Waals surface area contributed by atoms with Crippen molar-refractivity contribution in [3.8, 4) is 0 Å². The molecule has 5 heteroatoms. The fourth-order valence-corrected chi connectivity index (χ4v) is 2.30. The van der Waals surface area contributed by atoms with Gasteiger partial charge >= 0.3 is 0 Å². The molecule has 1 aromatic heterocycles. The van der Waals surface area contributed by atoms with E-state index < -0.39 is 0 Å². The minimum Gasteiger partial charge on any atom is -0.385 e. The number of nitrogens with zero attached hydrogens (tertiary/aromatic N) is 2. The summed E-state index contributed by atoms with van der Waals surface area (Å²) in [7, 11) is 1.73. The zero-order chi connectivity index (χ0) is 14.3. The third-order valence-corrected chi connectivity index (χ3v) is 3.47. The van der Waals surface area contributed by atoms with Crippen LogP contribution < -0.4 is 5.32 Å². The normalized spacial score (nSPS) is 11.6. The standard InChI is InChI=1S/C14H25N3OS/c1-6-15-11-10-12(19-9-7-8-18-5)17-13(16-11)14(2,3)4/h10H,6-9H2,1-5H3,(H,15,16,17). The highest BCUT2D eigenvalue weighted by atomic mass is 32.2. The number of anilines is 1. The van der Waals surface area contributed by atoms with E-state index in [-0.39, 0.29) is 5.41 Å². The lowest BCUT2D eigenvalue weighted by Gasteiger charge is -2.18. The van der Waals surface area contributed by atoms with Crippen molar-refractivity contribution < 1.29 is 4.74 Å². The summed E-state index contributed by atoms with van der Waals surface area (Å²) in [6.07, 6.45) is 1.03. The van der Waals surface area contributed by atoms with E-state index in [0.717, 1.165) is 42.0 Å². The van der Waals surface area contributed by atoms with Gasteiger partial charge in [0.05, 0.1) is 0 Å². The number of aromatic nitrogens is 2. The van der Waals surface area contributed by atoms with Crippen LogP contribution in [-0.4, -0.2) is 36.0 Å². The highest BCUT2D eigenvalue weighted by molar-refractivity contribution is 7.99. The van der Waals surface area contributed by atoms with Crippen LogP contribution >= 0.6 is 11.8 Å². The molecule has 0 aliphatic heterocycles. The van der Waals surface area contributed by atoms with E-state index in [2.05, 4.69) is 43.0 Å². The van der Waals surface area contributed by atoms with E-state index in [4.69, 9.17) is 4.74 Å². The zero-order valence-electron chi connectivity index (χ0n) is 12.6. The minimum absolute atomic E-state index is 0.0345. The van der Waals surface area contributed by atoms with Gasteiger partial charge in [-0.25, -0.2) is 9.97 Å². The molecule has 0 aliphatic rings. The molecule has 0 saturated carbocycles. The molecule has 0 unspecified atom stereocenters. The predicted molar refractivity (Wildman–Crippen MR) is 82.1 cm³/mol. The summed E-state index contributed by atoms with van der Waals surface area (Å²) in [5.41, 5.74) is -0.0345. The lowest BCUT2D eigenvalue weighted by molar-refractivity contribution is 0.200. The van der Waals surface area contributed by atoms with E-state index in [1.54, 1.807) is 18.9 Å². The first-order chi connectivity index (χ1) is 8.97. The molecule has 0 bridgehead atoms. The van der Waals surface area contributed by atoms with Crippen molar-refractivity contribution in [3.05, 3.63) is 11.9 Å². The Morgan fingerprint density at radius 3 is 2.63 bits per heavy atom. The number of methoxy groups -OCH3 is 1. The smallest absolute Gasteiger partial charge is 0.137 e. The Labute approximate surface area is 120 Å². The third kappa shape index (κ3) is 5.78. The van der Waals surface area contributed by atoms with Crippen molar-refractivity contribution in [2.75, 3.05) is 31.3 Å². The van der Waals surface area contributed by atoms with Gasteiger partial charge in [-0.3, -0.25) is 0 Å². The first-order valence-corrected chi connectivity index (χ1v) is 7.71. The molecule has 0 aromatic carbocycles. The van der Waals surface area contributed by atoms with Crippen molar-refractivity contribution in [2.45, 2.75) is 44.6 Å². The Morgan fingerprint density at radius 2 is 2.05 bits per heavy atom. The molecule has 1 aromatic rings. The maximum atomic E-state index is 5.06. The summed E-state index contributed by atoms with van der Waals surface area (Å²) in [4.78, 5) is 9.23. The average Bonchev–Trinajstić information content (AvgIpc) is 2.34. The van der Waals surface area contributed by atoms with Crippen molar-refractivity contribution in [1.82, 2.24) is 9.97 Å². The highest BCUT2D eigenvalue weighted by Crippen LogP contribution is 2.25. The number of hydrogen-bond donors (Lipinski definition) is 1. The van der Waals surface area contributed by atoms with E-state index in [1.807, 2.05) is 6.07 Å². The van der Waals surface area contributed by atoms with Crippen LogP contribution in [0.5, 0.6) is 0 Å². The molecule has 0 atom stereocenters. The molecule has 0 fully saturated rings. The first-order valence-electron chi connectivity index (χ1n) is 6.72. The number of thioether (sulfide) groups is 1. The topological polar surface area (TPSA) is 47.0 Å². The van der Waals surface area contributed by atoms with Gasteiger partial charge in [0, 0.05) is 37.5 Å². The molecule has 1 rings (SSSR count). The number of nitrogens with one attached hydrogen (secondary N) is 1. The van der Waals surface area contributed by atoms with Gasteiger partial charge in [-0.2, -0.15) is 0 Å². The molecule has 0 aliphatic carbocycles. The quantitative estimate of drug-likeness (QED) is 0.472. The largest absolute Gasteiger partial charge is 0.385 e. The molecule has 1 N–H and O–H groups in total. The van der Waals surface area contributed by atoms with E-state index in [1.165, 1.54) is 0 Å². The maximum Gasteiger partial charge on any atom is 0.137 e. The highest BCUT2D eigenvalue weighted by Gasteiger charge is 2.19. The second-order valence-corrected chi connectivity index (χ2v) is 6.51. The van der Waals surface area contributed by atoms with Gasteiger partial charge < -0.3 is 10.1 Å². The van der Waals surface area contributed by atoms with Crippen LogP contribution in [0.3, 0.4) is 0 Å². The van der Waals surface area contributed by atoms with Crippen LogP contribution in [0.2, 0.25) is 0 Å². The maximum absolute atomic E-state index is 5.06. The van der Waals surface area contributed by atoms with Crippen LogP contribution in [0, 0.1) is 0 Å². The SMILES string of the molecule is CCNc1cc(SCCCOC)nc(C(C)(C)C)n1. The minimum atomic E-state index is -0.0345. The monoisotopic (exact) mass is 283 g/mol. The van der Waals surface area contributed by atoms with Crippen LogP contribution in [0.1, 0.15) is 39.9 Å². The summed E-state index contributed by atoms with van der Waals surface area (Å²) in [6.45, 7) is 10.1. The van der Waals surface area contributed by atoms with E-state index in [9.17, 15) is 0 Å². The molecule has 108 valence electrons. The molecular formula is C14H25N3OS. The lowest BCUT2D eigenvalue weighted by Crippen LogP contribution is -2.17. The second kappa shape index (κ2) is 7.70. The fourth-order valence-electron chi connectivity index (χ4n) is 1.49. The van der Waals surface area contributed by atoms with Crippen molar-refractivity contribution in [2.24, 2.45) is 0 Å². The summed E-state index contributed by atoms with van der Waals surface area (Å²) in [6, 6.07) is 2.02. The Morgan fingerprint density at radius 1 is 1.32 bits per heavy atom. The number of ether oxygens (including phenoxy) is 1. The van der Waals surface area contributed by atoms with Crippen LogP contribution in [-0.2, 0) is 10.2 Å². The molecule has 0 amide bonds. The summed E-state index contributed by atoms with van der Waals surface area (Å²) in [5, 5.41) is 4.31.